The summed E-state index contributed by atoms with van der Waals surface area (Å²) in [4.78, 5) is 36.2. The number of carbonyl (C=O) groups excluding carboxylic acids is 2. The maximum absolute atomic E-state index is 14.5. The number of nitrogens with zero attached hydrogens (tertiary/aromatic N) is 5. The Morgan fingerprint density at radius 1 is 1.10 bits per heavy atom. The fraction of sp³-hybridized carbons (Fsp3) is 0.412. The van der Waals surface area contributed by atoms with Gasteiger partial charge in [-0.2, -0.15) is 18.3 Å². The molecule has 0 unspecified atom stereocenters. The van der Waals surface area contributed by atoms with Crippen LogP contribution in [-0.2, 0) is 4.74 Å². The molecule has 0 saturated heterocycles. The Bertz CT molecular complexity index is 1940. The molecule has 51 heavy (non-hydrogen) atoms. The number of aromatic nitrogens is 4. The van der Waals surface area contributed by atoms with Crippen LogP contribution in [-0.4, -0.2) is 67.5 Å². The van der Waals surface area contributed by atoms with Gasteiger partial charge in [0.15, 0.2) is 11.8 Å². The number of pyridine rings is 1. The standard InChI is InChI=1S/C34H36ClF5N8O3/c1-19-23-7-5-22(15-20(23)9-13-42-19)29(49)47(30(41)43-14-12-32(2,3)4)26(17-51-31(50)46-33(10-11-33)34(38,39)40)21-6-8-24(35)25(16-21)48-28(27(36)37)44-18-45-48/h5-9,13,15-16,18,26-27H,10-12,14,17H2,1-4H3,(H2,41,43)(H,46,50)/t26-/m1/s1. The van der Waals surface area contributed by atoms with Crippen molar-refractivity contribution in [1.29, 1.82) is 5.41 Å². The summed E-state index contributed by atoms with van der Waals surface area (Å²) in [6.07, 6.45) is -6.75. The fourth-order valence-electron chi connectivity index (χ4n) is 5.44. The molecule has 2 amide bonds. The van der Waals surface area contributed by atoms with Crippen LogP contribution in [0.15, 0.2) is 55.0 Å². The summed E-state index contributed by atoms with van der Waals surface area (Å²) in [6.45, 7) is 7.28. The average Bonchev–Trinajstić information content (AvgIpc) is 3.68. The molecule has 17 heteroatoms. The van der Waals surface area contributed by atoms with E-state index >= 15 is 0 Å². The fourth-order valence-corrected chi connectivity index (χ4v) is 5.63. The summed E-state index contributed by atoms with van der Waals surface area (Å²) >= 11 is 6.42. The molecule has 0 radical (unpaired) electrons. The summed E-state index contributed by atoms with van der Waals surface area (Å²) in [6, 6.07) is 9.23. The lowest BCUT2D eigenvalue weighted by Crippen LogP contribution is -2.50. The molecule has 2 aromatic heterocycles. The summed E-state index contributed by atoms with van der Waals surface area (Å²) < 4.78 is 74.8. The first-order chi connectivity index (χ1) is 23.9. The number of rotatable bonds is 10. The Balaban J connectivity index is 1.59. The lowest BCUT2D eigenvalue weighted by atomic mass is 9.92. The third-order valence-corrected chi connectivity index (χ3v) is 8.83. The van der Waals surface area contributed by atoms with Gasteiger partial charge in [-0.15, -0.1) is 0 Å². The number of guanidine groups is 1. The zero-order valence-electron chi connectivity index (χ0n) is 28.1. The highest BCUT2D eigenvalue weighted by Crippen LogP contribution is 2.49. The molecular formula is C34H36ClF5N8O3. The number of alkyl halides is 5. The number of hydrogen-bond acceptors (Lipinski definition) is 7. The van der Waals surface area contributed by atoms with E-state index in [1.807, 2.05) is 26.1 Å². The van der Waals surface area contributed by atoms with Gasteiger partial charge in [-0.05, 0) is 72.9 Å². The summed E-state index contributed by atoms with van der Waals surface area (Å²) in [7, 11) is 0. The predicted molar refractivity (Wildman–Crippen MR) is 179 cm³/mol. The number of ether oxygens (including phenoxy) is 1. The van der Waals surface area contributed by atoms with E-state index in [0.717, 1.165) is 27.0 Å². The molecule has 0 spiro atoms. The minimum absolute atomic E-state index is 0.0285. The highest BCUT2D eigenvalue weighted by atomic mass is 35.5. The molecule has 5 rings (SSSR count). The number of carbonyl (C=O) groups is 2. The number of aryl methyl sites for hydroxylation is 1. The number of hydrogen-bond donors (Lipinski definition) is 3. The zero-order valence-corrected chi connectivity index (χ0v) is 28.9. The van der Waals surface area contributed by atoms with Gasteiger partial charge in [0.2, 0.25) is 0 Å². The average molecular weight is 735 g/mol. The Hall–Kier alpha value is -4.86. The van der Waals surface area contributed by atoms with Gasteiger partial charge in [0, 0.05) is 29.4 Å². The van der Waals surface area contributed by atoms with E-state index in [9.17, 15) is 31.5 Å². The van der Waals surface area contributed by atoms with Crippen LogP contribution in [0.1, 0.15) is 79.9 Å². The van der Waals surface area contributed by atoms with Gasteiger partial charge in [0.1, 0.15) is 18.5 Å². The smallest absolute Gasteiger partial charge is 0.411 e. The van der Waals surface area contributed by atoms with Gasteiger partial charge in [0.25, 0.3) is 12.3 Å². The summed E-state index contributed by atoms with van der Waals surface area (Å²) in [5.74, 6) is -1.87. The highest BCUT2D eigenvalue weighted by Gasteiger charge is 2.64. The van der Waals surface area contributed by atoms with Gasteiger partial charge in [-0.25, -0.2) is 23.2 Å². The van der Waals surface area contributed by atoms with E-state index in [-0.39, 0.29) is 46.6 Å². The van der Waals surface area contributed by atoms with Gasteiger partial charge in [0.05, 0.1) is 16.8 Å². The van der Waals surface area contributed by atoms with Crippen LogP contribution in [0.5, 0.6) is 0 Å². The van der Waals surface area contributed by atoms with Crippen molar-refractivity contribution in [1.82, 2.24) is 35.3 Å². The number of fused-ring (bicyclic) bond motifs is 1. The topological polar surface area (TPSA) is 138 Å². The molecule has 4 aromatic rings. The van der Waals surface area contributed by atoms with E-state index in [1.54, 1.807) is 31.3 Å². The third-order valence-electron chi connectivity index (χ3n) is 8.51. The molecule has 2 aromatic carbocycles. The van der Waals surface area contributed by atoms with Gasteiger partial charge >= 0.3 is 12.3 Å². The van der Waals surface area contributed by atoms with Crippen molar-refractivity contribution in [3.05, 3.63) is 82.7 Å². The lowest BCUT2D eigenvalue weighted by Gasteiger charge is -2.33. The minimum Gasteiger partial charge on any atom is -0.447 e. The maximum Gasteiger partial charge on any atom is 0.411 e. The number of halogens is 6. The van der Waals surface area contributed by atoms with E-state index in [4.69, 9.17) is 21.7 Å². The SMILES string of the molecule is Cc1nccc2cc(C(=O)N(C(=N)NCCC(C)(C)C)[C@H](COC(=O)NC3(C(F)(F)F)CC3)c3ccc(Cl)c(-n4ncnc4C(F)F)c3)ccc12. The number of benzene rings is 2. The molecule has 3 N–H and O–H groups in total. The van der Waals surface area contributed by atoms with Crippen LogP contribution < -0.4 is 10.6 Å². The Morgan fingerprint density at radius 2 is 1.82 bits per heavy atom. The van der Waals surface area contributed by atoms with Crippen molar-refractivity contribution in [3.63, 3.8) is 0 Å². The molecule has 11 nitrogen and oxygen atoms in total. The molecular weight excluding hydrogens is 699 g/mol. The molecule has 1 aliphatic rings. The Morgan fingerprint density at radius 3 is 2.47 bits per heavy atom. The van der Waals surface area contributed by atoms with Crippen molar-refractivity contribution < 1.29 is 36.3 Å². The van der Waals surface area contributed by atoms with Crippen molar-refractivity contribution >= 4 is 40.3 Å². The zero-order chi connectivity index (χ0) is 37.3. The van der Waals surface area contributed by atoms with Crippen LogP contribution in [0.4, 0.5) is 26.7 Å². The van der Waals surface area contributed by atoms with Crippen molar-refractivity contribution in [2.24, 2.45) is 5.41 Å². The lowest BCUT2D eigenvalue weighted by molar-refractivity contribution is -0.164. The summed E-state index contributed by atoms with van der Waals surface area (Å²) in [5, 5.41) is 19.2. The van der Waals surface area contributed by atoms with Crippen LogP contribution in [0, 0.1) is 17.7 Å². The first kappa shape index (κ1) is 37.4. The Kier molecular flexibility index (Phi) is 10.6. The second-order valence-electron chi connectivity index (χ2n) is 13.5. The third kappa shape index (κ3) is 8.38. The number of alkyl carbamates (subject to hydrolysis) is 1. The van der Waals surface area contributed by atoms with Crippen molar-refractivity contribution in [3.8, 4) is 5.69 Å². The van der Waals surface area contributed by atoms with E-state index in [1.165, 1.54) is 24.3 Å². The summed E-state index contributed by atoms with van der Waals surface area (Å²) in [5.41, 5.74) is -1.68. The van der Waals surface area contributed by atoms with Crippen LogP contribution in [0.25, 0.3) is 16.5 Å². The first-order valence-corrected chi connectivity index (χ1v) is 16.3. The Labute approximate surface area is 295 Å². The number of nitrogens with one attached hydrogen (secondary N) is 3. The van der Waals surface area contributed by atoms with E-state index in [2.05, 4.69) is 20.4 Å². The quantitative estimate of drug-likeness (QED) is 0.0863. The van der Waals surface area contributed by atoms with E-state index in [0.29, 0.717) is 11.8 Å². The molecule has 2 heterocycles. The molecule has 1 atom stereocenters. The van der Waals surface area contributed by atoms with Crippen molar-refractivity contribution in [2.75, 3.05) is 13.2 Å². The van der Waals surface area contributed by atoms with Gasteiger partial charge in [-0.3, -0.25) is 20.1 Å². The molecule has 1 fully saturated rings. The van der Waals surface area contributed by atoms with Gasteiger partial charge in [-0.1, -0.05) is 44.5 Å². The second-order valence-corrected chi connectivity index (χ2v) is 13.9. The molecule has 0 bridgehead atoms. The predicted octanol–water partition coefficient (Wildman–Crippen LogP) is 7.68. The monoisotopic (exact) mass is 734 g/mol. The minimum atomic E-state index is -4.72. The molecule has 1 aliphatic carbocycles. The maximum atomic E-state index is 14.5. The van der Waals surface area contributed by atoms with Crippen molar-refractivity contribution in [2.45, 2.75) is 71.1 Å². The van der Waals surface area contributed by atoms with Crippen LogP contribution >= 0.6 is 11.6 Å². The first-order valence-electron chi connectivity index (χ1n) is 15.9. The van der Waals surface area contributed by atoms with Gasteiger partial charge < -0.3 is 15.4 Å². The second kappa shape index (κ2) is 14.4. The largest absolute Gasteiger partial charge is 0.447 e. The van der Waals surface area contributed by atoms with E-state index < -0.39 is 54.6 Å². The molecule has 0 aliphatic heterocycles. The molecule has 1 saturated carbocycles. The normalized spacial score (nSPS) is 14.6. The van der Waals surface area contributed by atoms with Crippen LogP contribution in [0.3, 0.4) is 0 Å². The van der Waals surface area contributed by atoms with Crippen LogP contribution in [0.2, 0.25) is 5.02 Å². The molecule has 272 valence electrons. The number of amides is 2. The highest BCUT2D eigenvalue weighted by molar-refractivity contribution is 6.32.